The average molecular weight is 269 g/mol. The average Bonchev–Trinajstić information content (AvgIpc) is 2.67. The van der Waals surface area contributed by atoms with Crippen LogP contribution < -0.4 is 5.32 Å². The highest BCUT2D eigenvalue weighted by atomic mass is 16.5. The van der Waals surface area contributed by atoms with Crippen molar-refractivity contribution in [3.63, 3.8) is 0 Å². The molecule has 0 aromatic carbocycles. The fourth-order valence-corrected chi connectivity index (χ4v) is 3.38. The van der Waals surface area contributed by atoms with Gasteiger partial charge in [0.05, 0.1) is 11.7 Å². The number of hydrogen-bond acceptors (Lipinski definition) is 3. The van der Waals surface area contributed by atoms with Crippen molar-refractivity contribution < 1.29 is 9.47 Å². The molecule has 0 aromatic heterocycles. The van der Waals surface area contributed by atoms with Crippen LogP contribution in [0.15, 0.2) is 0 Å². The summed E-state index contributed by atoms with van der Waals surface area (Å²) in [6.45, 7) is 11.8. The van der Waals surface area contributed by atoms with Crippen molar-refractivity contribution in [3.05, 3.63) is 0 Å². The number of nitrogens with one attached hydrogen (secondary N) is 1. The zero-order valence-electron chi connectivity index (χ0n) is 13.1. The Morgan fingerprint density at radius 3 is 2.37 bits per heavy atom. The van der Waals surface area contributed by atoms with Crippen molar-refractivity contribution in [3.8, 4) is 0 Å². The maximum absolute atomic E-state index is 6.21. The normalized spacial score (nSPS) is 29.8. The number of hydrogen-bond donors (Lipinski definition) is 1. The first-order chi connectivity index (χ1) is 8.91. The molecule has 0 aliphatic carbocycles. The summed E-state index contributed by atoms with van der Waals surface area (Å²) in [5.41, 5.74) is 0.468. The summed E-state index contributed by atoms with van der Waals surface area (Å²) in [5.74, 6) is 0. The third kappa shape index (κ3) is 4.44. The Morgan fingerprint density at radius 2 is 1.84 bits per heavy atom. The van der Waals surface area contributed by atoms with Gasteiger partial charge < -0.3 is 14.8 Å². The molecule has 2 rings (SSSR count). The SMILES string of the molecule is CC(C)NCC1(CC2CCC(C)(C)O2)CCOCC1. The molecule has 2 aliphatic rings. The lowest BCUT2D eigenvalue weighted by molar-refractivity contribution is -0.0587. The van der Waals surface area contributed by atoms with E-state index in [0.717, 1.165) is 19.8 Å². The number of rotatable bonds is 5. The highest BCUT2D eigenvalue weighted by Crippen LogP contribution is 2.41. The van der Waals surface area contributed by atoms with Crippen LogP contribution in [0.2, 0.25) is 0 Å². The highest BCUT2D eigenvalue weighted by Gasteiger charge is 2.39. The van der Waals surface area contributed by atoms with Gasteiger partial charge in [0.2, 0.25) is 0 Å². The predicted molar refractivity (Wildman–Crippen MR) is 78.4 cm³/mol. The van der Waals surface area contributed by atoms with Crippen LogP contribution in [-0.2, 0) is 9.47 Å². The Bertz CT molecular complexity index is 282. The van der Waals surface area contributed by atoms with E-state index < -0.39 is 0 Å². The summed E-state index contributed by atoms with van der Waals surface area (Å²) in [6.07, 6.45) is 6.40. The minimum atomic E-state index is 0.0858. The van der Waals surface area contributed by atoms with Crippen LogP contribution in [0.1, 0.15) is 59.8 Å². The molecule has 2 heterocycles. The molecule has 0 aromatic rings. The Hall–Kier alpha value is -0.120. The Balaban J connectivity index is 1.93. The van der Waals surface area contributed by atoms with Crippen molar-refractivity contribution in [2.24, 2.45) is 5.41 Å². The maximum atomic E-state index is 6.21. The molecule has 0 spiro atoms. The van der Waals surface area contributed by atoms with Crippen LogP contribution in [0.5, 0.6) is 0 Å². The molecular weight excluding hydrogens is 238 g/mol. The van der Waals surface area contributed by atoms with E-state index in [-0.39, 0.29) is 5.60 Å². The first kappa shape index (κ1) is 15.3. The molecule has 1 unspecified atom stereocenters. The lowest BCUT2D eigenvalue weighted by atomic mass is 9.75. The summed E-state index contributed by atoms with van der Waals surface area (Å²) in [5, 5.41) is 3.64. The van der Waals surface area contributed by atoms with E-state index in [1.54, 1.807) is 0 Å². The summed E-state index contributed by atoms with van der Waals surface area (Å²) < 4.78 is 11.8. The summed E-state index contributed by atoms with van der Waals surface area (Å²) >= 11 is 0. The third-order valence-corrected chi connectivity index (χ3v) is 4.65. The molecule has 3 nitrogen and oxygen atoms in total. The second-order valence-electron chi connectivity index (χ2n) is 7.39. The van der Waals surface area contributed by atoms with E-state index in [1.807, 2.05) is 0 Å². The molecule has 112 valence electrons. The lowest BCUT2D eigenvalue weighted by Gasteiger charge is -2.40. The zero-order chi connectivity index (χ0) is 13.9. The van der Waals surface area contributed by atoms with Crippen molar-refractivity contribution in [1.82, 2.24) is 5.32 Å². The van der Waals surface area contributed by atoms with Gasteiger partial charge in [-0.15, -0.1) is 0 Å². The van der Waals surface area contributed by atoms with Crippen LogP contribution >= 0.6 is 0 Å². The van der Waals surface area contributed by atoms with E-state index in [2.05, 4.69) is 33.0 Å². The fourth-order valence-electron chi connectivity index (χ4n) is 3.38. The van der Waals surface area contributed by atoms with E-state index >= 15 is 0 Å². The van der Waals surface area contributed by atoms with E-state index in [9.17, 15) is 0 Å². The van der Waals surface area contributed by atoms with Crippen molar-refractivity contribution >= 4 is 0 Å². The quantitative estimate of drug-likeness (QED) is 0.832. The third-order valence-electron chi connectivity index (χ3n) is 4.65. The summed E-state index contributed by atoms with van der Waals surface area (Å²) in [7, 11) is 0. The van der Waals surface area contributed by atoms with Gasteiger partial charge in [-0.1, -0.05) is 13.8 Å². The van der Waals surface area contributed by atoms with Crippen LogP contribution in [0.4, 0.5) is 0 Å². The second kappa shape index (κ2) is 6.11. The maximum Gasteiger partial charge on any atom is 0.0631 e. The molecule has 2 aliphatic heterocycles. The molecule has 0 amide bonds. The van der Waals surface area contributed by atoms with Gasteiger partial charge in [-0.3, -0.25) is 0 Å². The van der Waals surface area contributed by atoms with Crippen molar-refractivity contribution in [2.75, 3.05) is 19.8 Å². The van der Waals surface area contributed by atoms with Gasteiger partial charge in [0, 0.05) is 25.8 Å². The van der Waals surface area contributed by atoms with Crippen molar-refractivity contribution in [2.45, 2.75) is 77.5 Å². The lowest BCUT2D eigenvalue weighted by Crippen LogP contribution is -2.43. The number of ether oxygens (including phenoxy) is 2. The van der Waals surface area contributed by atoms with Gasteiger partial charge in [0.15, 0.2) is 0 Å². The van der Waals surface area contributed by atoms with Gasteiger partial charge in [0.25, 0.3) is 0 Å². The second-order valence-corrected chi connectivity index (χ2v) is 7.39. The van der Waals surface area contributed by atoms with Crippen molar-refractivity contribution in [1.29, 1.82) is 0 Å². The van der Waals surface area contributed by atoms with Crippen LogP contribution in [0.3, 0.4) is 0 Å². The summed E-state index contributed by atoms with van der Waals surface area (Å²) in [4.78, 5) is 0. The molecule has 1 atom stereocenters. The van der Waals surface area contributed by atoms with Crippen LogP contribution in [-0.4, -0.2) is 37.5 Å². The van der Waals surface area contributed by atoms with Crippen LogP contribution in [0.25, 0.3) is 0 Å². The predicted octanol–water partition coefficient (Wildman–Crippen LogP) is 3.13. The van der Waals surface area contributed by atoms with Gasteiger partial charge in [-0.05, 0) is 51.4 Å². The minimum Gasteiger partial charge on any atom is -0.381 e. The highest BCUT2D eigenvalue weighted by molar-refractivity contribution is 4.91. The van der Waals surface area contributed by atoms with Gasteiger partial charge >= 0.3 is 0 Å². The molecule has 0 saturated carbocycles. The molecule has 2 saturated heterocycles. The van der Waals surface area contributed by atoms with E-state index in [4.69, 9.17) is 9.47 Å². The van der Waals surface area contributed by atoms with Gasteiger partial charge in [-0.2, -0.15) is 0 Å². The topological polar surface area (TPSA) is 30.5 Å². The standard InChI is InChI=1S/C16H31NO2/c1-13(2)17-12-16(7-9-18-10-8-16)11-14-5-6-15(3,4)19-14/h13-14,17H,5-12H2,1-4H3. The molecule has 3 heteroatoms. The minimum absolute atomic E-state index is 0.0858. The fraction of sp³-hybridized carbons (Fsp3) is 1.00. The van der Waals surface area contributed by atoms with Crippen LogP contribution in [0, 0.1) is 5.41 Å². The smallest absolute Gasteiger partial charge is 0.0631 e. The van der Waals surface area contributed by atoms with E-state index in [0.29, 0.717) is 17.6 Å². The largest absolute Gasteiger partial charge is 0.381 e. The monoisotopic (exact) mass is 269 g/mol. The first-order valence-corrected chi connectivity index (χ1v) is 7.90. The Labute approximate surface area is 118 Å². The molecule has 1 N–H and O–H groups in total. The molecule has 19 heavy (non-hydrogen) atoms. The van der Waals surface area contributed by atoms with Gasteiger partial charge in [0.1, 0.15) is 0 Å². The first-order valence-electron chi connectivity index (χ1n) is 7.90. The Morgan fingerprint density at radius 1 is 1.16 bits per heavy atom. The Kier molecular flexibility index (Phi) is 4.91. The summed E-state index contributed by atoms with van der Waals surface area (Å²) in [6, 6.07) is 0.556. The van der Waals surface area contributed by atoms with E-state index in [1.165, 1.54) is 32.1 Å². The zero-order valence-corrected chi connectivity index (χ0v) is 13.1. The molecular formula is C16H31NO2. The molecule has 0 bridgehead atoms. The van der Waals surface area contributed by atoms with Gasteiger partial charge in [-0.25, -0.2) is 0 Å². The molecule has 0 radical (unpaired) electrons. The molecule has 2 fully saturated rings.